The Bertz CT molecular complexity index is 674. The van der Waals surface area contributed by atoms with Crippen molar-refractivity contribution in [3.63, 3.8) is 0 Å². The van der Waals surface area contributed by atoms with Crippen LogP contribution in [0.2, 0.25) is 0 Å². The predicted octanol–water partition coefficient (Wildman–Crippen LogP) is 2.70. The first-order valence-corrected chi connectivity index (χ1v) is 6.05. The number of pyridine rings is 1. The maximum Gasteiger partial charge on any atom is 0.161 e. The quantitative estimate of drug-likeness (QED) is 0.783. The highest BCUT2D eigenvalue weighted by Crippen LogP contribution is 2.35. The van der Waals surface area contributed by atoms with Crippen LogP contribution in [0.15, 0.2) is 30.5 Å². The summed E-state index contributed by atoms with van der Waals surface area (Å²) in [5.41, 5.74) is 3.24. The van der Waals surface area contributed by atoms with Crippen LogP contribution in [-0.4, -0.2) is 18.2 Å². The molecule has 3 rings (SSSR count). The molecular weight excluding hydrogens is 240 g/mol. The van der Waals surface area contributed by atoms with Crippen molar-refractivity contribution in [1.82, 2.24) is 4.98 Å². The van der Waals surface area contributed by atoms with Crippen LogP contribution in [0.4, 0.5) is 0 Å². The van der Waals surface area contributed by atoms with E-state index in [1.807, 2.05) is 31.2 Å². The fraction of sp³-hybridized carbons (Fsp3) is 0.200. The van der Waals surface area contributed by atoms with Crippen LogP contribution in [0.3, 0.4) is 0 Å². The van der Waals surface area contributed by atoms with Crippen molar-refractivity contribution in [3.8, 4) is 28.7 Å². The summed E-state index contributed by atoms with van der Waals surface area (Å²) in [6, 6.07) is 9.79. The Hall–Kier alpha value is -2.54. The highest BCUT2D eigenvalue weighted by atomic mass is 16.6. The number of aryl methyl sites for hydroxylation is 1. The van der Waals surface area contributed by atoms with Crippen LogP contribution >= 0.6 is 0 Å². The lowest BCUT2D eigenvalue weighted by Gasteiger charge is -2.19. The number of ether oxygens (including phenoxy) is 2. The maximum atomic E-state index is 9.16. The molecule has 2 aromatic rings. The molecule has 1 aromatic heterocycles. The van der Waals surface area contributed by atoms with Gasteiger partial charge in [0.05, 0.1) is 5.56 Å². The number of nitriles is 1. The molecule has 94 valence electrons. The molecule has 0 radical (unpaired) electrons. The third-order valence-corrected chi connectivity index (χ3v) is 3.01. The molecule has 4 heteroatoms. The van der Waals surface area contributed by atoms with E-state index in [0.717, 1.165) is 28.3 Å². The van der Waals surface area contributed by atoms with E-state index in [0.29, 0.717) is 18.8 Å². The summed E-state index contributed by atoms with van der Waals surface area (Å²) in [7, 11) is 0. The van der Waals surface area contributed by atoms with Crippen LogP contribution in [-0.2, 0) is 0 Å². The number of nitrogens with zero attached hydrogens (tertiary/aromatic N) is 2. The average Bonchev–Trinajstić information content (AvgIpc) is 2.46. The highest BCUT2D eigenvalue weighted by molar-refractivity contribution is 5.72. The second-order valence-corrected chi connectivity index (χ2v) is 4.34. The van der Waals surface area contributed by atoms with Gasteiger partial charge in [-0.25, -0.2) is 0 Å². The first kappa shape index (κ1) is 11.5. The fourth-order valence-corrected chi connectivity index (χ4v) is 2.10. The molecule has 0 saturated heterocycles. The van der Waals surface area contributed by atoms with E-state index in [9.17, 15) is 0 Å². The van der Waals surface area contributed by atoms with E-state index in [1.165, 1.54) is 0 Å². The van der Waals surface area contributed by atoms with Gasteiger partial charge >= 0.3 is 0 Å². The van der Waals surface area contributed by atoms with Crippen LogP contribution in [0.5, 0.6) is 11.5 Å². The molecule has 19 heavy (non-hydrogen) atoms. The zero-order valence-electron chi connectivity index (χ0n) is 10.5. The van der Waals surface area contributed by atoms with Crippen LogP contribution in [0, 0.1) is 18.3 Å². The van der Waals surface area contributed by atoms with Crippen molar-refractivity contribution < 1.29 is 9.47 Å². The largest absolute Gasteiger partial charge is 0.486 e. The van der Waals surface area contributed by atoms with Gasteiger partial charge in [-0.05, 0) is 30.7 Å². The van der Waals surface area contributed by atoms with Gasteiger partial charge in [0.1, 0.15) is 19.3 Å². The first-order chi connectivity index (χ1) is 9.28. The van der Waals surface area contributed by atoms with Crippen LogP contribution < -0.4 is 9.47 Å². The lowest BCUT2D eigenvalue weighted by Crippen LogP contribution is -2.15. The van der Waals surface area contributed by atoms with Gasteiger partial charge < -0.3 is 9.47 Å². The second kappa shape index (κ2) is 4.62. The molecule has 0 amide bonds. The van der Waals surface area contributed by atoms with Crippen LogP contribution in [0.1, 0.15) is 11.3 Å². The monoisotopic (exact) mass is 252 g/mol. The third-order valence-electron chi connectivity index (χ3n) is 3.01. The molecule has 0 aliphatic carbocycles. The molecule has 0 N–H and O–H groups in total. The van der Waals surface area contributed by atoms with Gasteiger partial charge in [-0.3, -0.25) is 4.98 Å². The minimum absolute atomic E-state index is 0.553. The highest BCUT2D eigenvalue weighted by Gasteiger charge is 2.14. The third kappa shape index (κ3) is 2.11. The molecule has 1 aromatic carbocycles. The summed E-state index contributed by atoms with van der Waals surface area (Å²) < 4.78 is 11.1. The van der Waals surface area contributed by atoms with Gasteiger partial charge in [-0.15, -0.1) is 0 Å². The molecule has 0 saturated carbocycles. The molecule has 0 bridgehead atoms. The van der Waals surface area contributed by atoms with Gasteiger partial charge in [0.25, 0.3) is 0 Å². The van der Waals surface area contributed by atoms with Gasteiger partial charge in [-0.1, -0.05) is 6.07 Å². The summed E-state index contributed by atoms with van der Waals surface area (Å²) in [6.45, 7) is 3.03. The van der Waals surface area contributed by atoms with Crippen molar-refractivity contribution >= 4 is 0 Å². The lowest BCUT2D eigenvalue weighted by atomic mass is 10.0. The Labute approximate surface area is 111 Å². The Morgan fingerprint density at radius 2 is 1.95 bits per heavy atom. The number of fused-ring (bicyclic) bond motifs is 1. The fourth-order valence-electron chi connectivity index (χ4n) is 2.10. The standard InChI is InChI=1S/C15H12N2O2/c1-10-6-13(12(8-16)9-17-10)11-2-3-14-15(7-11)19-5-4-18-14/h2-3,6-7,9H,4-5H2,1H3. The lowest BCUT2D eigenvalue weighted by molar-refractivity contribution is 0.171. The second-order valence-electron chi connectivity index (χ2n) is 4.34. The molecule has 0 fully saturated rings. The zero-order chi connectivity index (χ0) is 13.2. The molecule has 1 aliphatic rings. The summed E-state index contributed by atoms with van der Waals surface area (Å²) in [6.07, 6.45) is 1.60. The minimum atomic E-state index is 0.553. The van der Waals surface area contributed by atoms with Crippen molar-refractivity contribution in [2.75, 3.05) is 13.2 Å². The topological polar surface area (TPSA) is 55.1 Å². The summed E-state index contributed by atoms with van der Waals surface area (Å²) in [5.74, 6) is 1.47. The van der Waals surface area contributed by atoms with Gasteiger partial charge in [0.2, 0.25) is 0 Å². The number of rotatable bonds is 1. The van der Waals surface area contributed by atoms with Crippen molar-refractivity contribution in [2.45, 2.75) is 6.92 Å². The zero-order valence-corrected chi connectivity index (χ0v) is 10.5. The molecule has 0 atom stereocenters. The normalized spacial score (nSPS) is 12.8. The van der Waals surface area contributed by atoms with Crippen molar-refractivity contribution in [1.29, 1.82) is 5.26 Å². The summed E-state index contributed by atoms with van der Waals surface area (Å²) >= 11 is 0. The van der Waals surface area contributed by atoms with E-state index in [-0.39, 0.29) is 0 Å². The SMILES string of the molecule is Cc1cc(-c2ccc3c(c2)OCCO3)c(C#N)cn1. The Kier molecular flexibility index (Phi) is 2.81. The smallest absolute Gasteiger partial charge is 0.161 e. The molecular formula is C15H12N2O2. The minimum Gasteiger partial charge on any atom is -0.486 e. The van der Waals surface area contributed by atoms with E-state index in [1.54, 1.807) is 6.20 Å². The number of aromatic nitrogens is 1. The van der Waals surface area contributed by atoms with E-state index < -0.39 is 0 Å². The summed E-state index contributed by atoms with van der Waals surface area (Å²) in [4.78, 5) is 4.15. The number of hydrogen-bond acceptors (Lipinski definition) is 4. The van der Waals surface area contributed by atoms with Crippen LogP contribution in [0.25, 0.3) is 11.1 Å². The number of benzene rings is 1. The van der Waals surface area contributed by atoms with Crippen molar-refractivity contribution in [3.05, 3.63) is 41.7 Å². The molecule has 1 aliphatic heterocycles. The first-order valence-electron chi connectivity index (χ1n) is 6.05. The molecule has 4 nitrogen and oxygen atoms in total. The molecule has 0 spiro atoms. The van der Waals surface area contributed by atoms with Crippen molar-refractivity contribution in [2.24, 2.45) is 0 Å². The average molecular weight is 252 g/mol. The maximum absolute atomic E-state index is 9.16. The Balaban J connectivity index is 2.12. The van der Waals surface area contributed by atoms with Gasteiger partial charge in [0, 0.05) is 17.5 Å². The Morgan fingerprint density at radius 1 is 1.16 bits per heavy atom. The molecule has 0 unspecified atom stereocenters. The number of hydrogen-bond donors (Lipinski definition) is 0. The summed E-state index contributed by atoms with van der Waals surface area (Å²) in [5, 5.41) is 9.16. The predicted molar refractivity (Wildman–Crippen MR) is 70.1 cm³/mol. The van der Waals surface area contributed by atoms with Gasteiger partial charge in [0.15, 0.2) is 11.5 Å². The van der Waals surface area contributed by atoms with E-state index >= 15 is 0 Å². The Morgan fingerprint density at radius 3 is 2.74 bits per heavy atom. The molecule has 2 heterocycles. The van der Waals surface area contributed by atoms with E-state index in [4.69, 9.17) is 14.7 Å². The van der Waals surface area contributed by atoms with E-state index in [2.05, 4.69) is 11.1 Å². The van der Waals surface area contributed by atoms with Gasteiger partial charge in [-0.2, -0.15) is 5.26 Å².